The Balaban J connectivity index is 2.16. The van der Waals surface area contributed by atoms with E-state index in [0.29, 0.717) is 0 Å². The van der Waals surface area contributed by atoms with E-state index in [2.05, 4.69) is 5.32 Å². The van der Waals surface area contributed by atoms with Crippen LogP contribution >= 0.6 is 0 Å². The SMILES string of the molecule is CC1(C)CCc2ccccc2C1NCC(O)C(F)(F)F. The van der Waals surface area contributed by atoms with Gasteiger partial charge in [-0.05, 0) is 29.4 Å². The molecule has 0 spiro atoms. The third-order valence-electron chi connectivity index (χ3n) is 4.08. The summed E-state index contributed by atoms with van der Waals surface area (Å²) in [7, 11) is 0. The monoisotopic (exact) mass is 287 g/mol. The van der Waals surface area contributed by atoms with Gasteiger partial charge in [0, 0.05) is 12.6 Å². The molecule has 1 aliphatic carbocycles. The van der Waals surface area contributed by atoms with Crippen molar-refractivity contribution < 1.29 is 18.3 Å². The van der Waals surface area contributed by atoms with E-state index in [0.717, 1.165) is 18.4 Å². The van der Waals surface area contributed by atoms with Crippen molar-refractivity contribution in [3.63, 3.8) is 0 Å². The third-order valence-corrected chi connectivity index (χ3v) is 4.08. The van der Waals surface area contributed by atoms with Crippen LogP contribution in [0.25, 0.3) is 0 Å². The van der Waals surface area contributed by atoms with Gasteiger partial charge < -0.3 is 10.4 Å². The largest absolute Gasteiger partial charge is 0.415 e. The van der Waals surface area contributed by atoms with Crippen LogP contribution in [0.4, 0.5) is 13.2 Å². The first-order valence-electron chi connectivity index (χ1n) is 6.78. The lowest BCUT2D eigenvalue weighted by Gasteiger charge is -2.41. The summed E-state index contributed by atoms with van der Waals surface area (Å²) in [5.41, 5.74) is 2.07. The molecule has 1 aromatic rings. The van der Waals surface area contributed by atoms with E-state index < -0.39 is 18.8 Å². The van der Waals surface area contributed by atoms with Crippen LogP contribution in [0.5, 0.6) is 0 Å². The van der Waals surface area contributed by atoms with Crippen molar-refractivity contribution >= 4 is 0 Å². The van der Waals surface area contributed by atoms with Crippen LogP contribution < -0.4 is 5.32 Å². The van der Waals surface area contributed by atoms with Crippen LogP contribution in [0.2, 0.25) is 0 Å². The summed E-state index contributed by atoms with van der Waals surface area (Å²) in [4.78, 5) is 0. The van der Waals surface area contributed by atoms with Gasteiger partial charge in [0.1, 0.15) is 0 Å². The molecule has 2 unspecified atom stereocenters. The van der Waals surface area contributed by atoms with Gasteiger partial charge in [-0.2, -0.15) is 13.2 Å². The number of halogens is 3. The lowest BCUT2D eigenvalue weighted by atomic mass is 9.70. The molecule has 20 heavy (non-hydrogen) atoms. The van der Waals surface area contributed by atoms with Crippen LogP contribution in [-0.2, 0) is 6.42 Å². The smallest absolute Gasteiger partial charge is 0.382 e. The molecule has 0 radical (unpaired) electrons. The molecule has 5 heteroatoms. The summed E-state index contributed by atoms with van der Waals surface area (Å²) >= 11 is 0. The fraction of sp³-hybridized carbons (Fsp3) is 0.600. The number of rotatable bonds is 3. The fourth-order valence-electron chi connectivity index (χ4n) is 2.80. The second-order valence-corrected chi connectivity index (χ2v) is 6.09. The lowest BCUT2D eigenvalue weighted by molar-refractivity contribution is -0.202. The number of aliphatic hydroxyl groups is 1. The normalized spacial score (nSPS) is 23.2. The molecule has 1 aromatic carbocycles. The first kappa shape index (κ1) is 15.3. The molecule has 0 heterocycles. The fourth-order valence-corrected chi connectivity index (χ4v) is 2.80. The number of benzene rings is 1. The Morgan fingerprint density at radius 3 is 2.65 bits per heavy atom. The standard InChI is InChI=1S/C15H20F3NO/c1-14(2)8-7-10-5-3-4-6-11(10)13(14)19-9-12(20)15(16,17)18/h3-6,12-13,19-20H,7-9H2,1-2H3. The van der Waals surface area contributed by atoms with Gasteiger partial charge in [-0.25, -0.2) is 0 Å². The van der Waals surface area contributed by atoms with Crippen LogP contribution in [0.3, 0.4) is 0 Å². The minimum absolute atomic E-state index is 0.139. The summed E-state index contributed by atoms with van der Waals surface area (Å²) in [6, 6.07) is 7.63. The minimum atomic E-state index is -4.58. The van der Waals surface area contributed by atoms with Crippen LogP contribution in [-0.4, -0.2) is 23.9 Å². The van der Waals surface area contributed by atoms with Crippen LogP contribution in [0.1, 0.15) is 37.4 Å². The zero-order chi connectivity index (χ0) is 15.0. The molecule has 2 nitrogen and oxygen atoms in total. The van der Waals surface area contributed by atoms with Crippen molar-refractivity contribution in [2.24, 2.45) is 5.41 Å². The molecule has 1 aliphatic rings. The Hall–Kier alpha value is -1.07. The first-order chi connectivity index (χ1) is 9.22. The number of hydrogen-bond acceptors (Lipinski definition) is 2. The van der Waals surface area contributed by atoms with Crippen LogP contribution in [0, 0.1) is 5.41 Å². The van der Waals surface area contributed by atoms with E-state index in [1.54, 1.807) is 0 Å². The van der Waals surface area contributed by atoms with Gasteiger partial charge in [-0.3, -0.25) is 0 Å². The molecule has 0 saturated heterocycles. The number of aryl methyl sites for hydroxylation is 1. The molecule has 0 aromatic heterocycles. The average molecular weight is 287 g/mol. The predicted octanol–water partition coefficient (Wildman–Crippen LogP) is 3.21. The Labute approximate surface area is 117 Å². The Morgan fingerprint density at radius 1 is 1.35 bits per heavy atom. The molecule has 0 fully saturated rings. The van der Waals surface area contributed by atoms with E-state index >= 15 is 0 Å². The lowest BCUT2D eigenvalue weighted by Crippen LogP contribution is -2.45. The van der Waals surface area contributed by atoms with Crippen molar-refractivity contribution in [3.05, 3.63) is 35.4 Å². The Kier molecular flexibility index (Phi) is 4.12. The summed E-state index contributed by atoms with van der Waals surface area (Å²) < 4.78 is 37.2. The van der Waals surface area contributed by atoms with Gasteiger partial charge >= 0.3 is 6.18 Å². The van der Waals surface area contributed by atoms with E-state index in [4.69, 9.17) is 5.11 Å². The molecule has 2 N–H and O–H groups in total. The third kappa shape index (κ3) is 3.15. The van der Waals surface area contributed by atoms with Gasteiger partial charge in [0.15, 0.2) is 6.10 Å². The van der Waals surface area contributed by atoms with Crippen molar-refractivity contribution in [2.45, 2.75) is 45.0 Å². The summed E-state index contributed by atoms with van der Waals surface area (Å²) in [6.07, 6.45) is -5.06. The Morgan fingerprint density at radius 2 is 2.00 bits per heavy atom. The maximum atomic E-state index is 12.4. The topological polar surface area (TPSA) is 32.3 Å². The second-order valence-electron chi connectivity index (χ2n) is 6.09. The molecule has 2 atom stereocenters. The number of nitrogens with one attached hydrogen (secondary N) is 1. The molecular weight excluding hydrogens is 267 g/mol. The molecular formula is C15H20F3NO. The zero-order valence-corrected chi connectivity index (χ0v) is 11.7. The highest BCUT2D eigenvalue weighted by atomic mass is 19.4. The van der Waals surface area contributed by atoms with Crippen LogP contribution in [0.15, 0.2) is 24.3 Å². The first-order valence-corrected chi connectivity index (χ1v) is 6.78. The number of hydrogen-bond donors (Lipinski definition) is 2. The summed E-state index contributed by atoms with van der Waals surface area (Å²) in [5.74, 6) is 0. The molecule has 0 aliphatic heterocycles. The molecule has 0 bridgehead atoms. The zero-order valence-electron chi connectivity index (χ0n) is 11.7. The minimum Gasteiger partial charge on any atom is -0.382 e. The van der Waals surface area contributed by atoms with Crippen molar-refractivity contribution in [1.29, 1.82) is 0 Å². The second kappa shape index (κ2) is 5.37. The molecule has 0 amide bonds. The predicted molar refractivity (Wildman–Crippen MR) is 71.3 cm³/mol. The molecule has 112 valence electrons. The Bertz CT molecular complexity index is 470. The van der Waals surface area contributed by atoms with Gasteiger partial charge in [0.25, 0.3) is 0 Å². The highest BCUT2D eigenvalue weighted by Crippen LogP contribution is 2.43. The maximum absolute atomic E-state index is 12.4. The maximum Gasteiger partial charge on any atom is 0.415 e. The number of aliphatic hydroxyl groups excluding tert-OH is 1. The average Bonchev–Trinajstić information content (AvgIpc) is 2.35. The summed E-state index contributed by atoms with van der Waals surface area (Å²) in [5, 5.41) is 12.1. The molecule has 2 rings (SSSR count). The highest BCUT2D eigenvalue weighted by molar-refractivity contribution is 5.34. The van der Waals surface area contributed by atoms with Gasteiger partial charge in [-0.1, -0.05) is 38.1 Å². The van der Waals surface area contributed by atoms with Gasteiger partial charge in [0.2, 0.25) is 0 Å². The van der Waals surface area contributed by atoms with Gasteiger partial charge in [0.05, 0.1) is 0 Å². The van der Waals surface area contributed by atoms with E-state index in [1.165, 1.54) is 5.56 Å². The highest BCUT2D eigenvalue weighted by Gasteiger charge is 2.40. The van der Waals surface area contributed by atoms with E-state index in [1.807, 2.05) is 38.1 Å². The van der Waals surface area contributed by atoms with Crippen molar-refractivity contribution in [1.82, 2.24) is 5.32 Å². The molecule has 0 saturated carbocycles. The number of fused-ring (bicyclic) bond motifs is 1. The van der Waals surface area contributed by atoms with Crippen molar-refractivity contribution in [2.75, 3.05) is 6.54 Å². The van der Waals surface area contributed by atoms with E-state index in [9.17, 15) is 13.2 Å². The van der Waals surface area contributed by atoms with E-state index in [-0.39, 0.29) is 11.5 Å². The number of alkyl halides is 3. The quantitative estimate of drug-likeness (QED) is 0.894. The van der Waals surface area contributed by atoms with Crippen molar-refractivity contribution in [3.8, 4) is 0 Å². The summed E-state index contributed by atoms with van der Waals surface area (Å²) in [6.45, 7) is 3.60. The van der Waals surface area contributed by atoms with Gasteiger partial charge in [-0.15, -0.1) is 0 Å².